The largest absolute Gasteiger partial charge is 0.387 e. The van der Waals surface area contributed by atoms with Crippen LogP contribution in [0.2, 0.25) is 0 Å². The van der Waals surface area contributed by atoms with E-state index in [-0.39, 0.29) is 5.41 Å². The number of aromatic nitrogens is 3. The molecule has 1 aliphatic heterocycles. The molecule has 2 atom stereocenters. The van der Waals surface area contributed by atoms with Crippen molar-refractivity contribution >= 4 is 0 Å². The summed E-state index contributed by atoms with van der Waals surface area (Å²) in [4.78, 5) is 6.74. The van der Waals surface area contributed by atoms with Gasteiger partial charge < -0.3 is 15.1 Å². The zero-order chi connectivity index (χ0) is 24.7. The van der Waals surface area contributed by atoms with Crippen LogP contribution in [0.3, 0.4) is 0 Å². The van der Waals surface area contributed by atoms with Crippen molar-refractivity contribution in [2.45, 2.75) is 58.2 Å². The van der Waals surface area contributed by atoms with Crippen LogP contribution in [0, 0.1) is 12.3 Å². The first kappa shape index (κ1) is 24.6. The van der Waals surface area contributed by atoms with E-state index in [0.717, 1.165) is 35.5 Å². The van der Waals surface area contributed by atoms with E-state index >= 15 is 0 Å². The summed E-state index contributed by atoms with van der Waals surface area (Å²) in [5.74, 6) is 0.437. The topological polar surface area (TPSA) is 74.4 Å². The number of benzene rings is 1. The summed E-state index contributed by atoms with van der Waals surface area (Å²) in [6.45, 7) is 10.1. The molecule has 182 valence electrons. The lowest BCUT2D eigenvalue weighted by Crippen LogP contribution is -2.63. The van der Waals surface area contributed by atoms with Crippen molar-refractivity contribution in [3.63, 3.8) is 0 Å². The Balaban J connectivity index is 1.63. The molecule has 0 saturated carbocycles. The highest BCUT2D eigenvalue weighted by Gasteiger charge is 2.55. The molecule has 3 aromatic rings. The molecule has 3 heterocycles. The molecule has 1 saturated heterocycles. The van der Waals surface area contributed by atoms with E-state index in [0.29, 0.717) is 24.5 Å². The van der Waals surface area contributed by atoms with Gasteiger partial charge in [-0.15, -0.1) is 0 Å². The van der Waals surface area contributed by atoms with E-state index in [2.05, 4.69) is 73.1 Å². The van der Waals surface area contributed by atoms with Gasteiger partial charge in [-0.05, 0) is 61.6 Å². The number of aliphatic hydroxyl groups is 2. The SMILES string of the molecule is Cc1cc(C(O)CCc2cncc(C(O)(c3ccc(C(C)C)cc3)C3(C)CN(C)C3)c2)nn1C. The molecule has 1 aliphatic rings. The molecule has 0 aliphatic carbocycles. The number of pyridine rings is 1. The maximum atomic E-state index is 12.4. The van der Waals surface area contributed by atoms with E-state index in [1.54, 1.807) is 10.9 Å². The van der Waals surface area contributed by atoms with Gasteiger partial charge in [0.1, 0.15) is 5.60 Å². The number of aryl methyl sites for hydroxylation is 3. The normalized spacial score (nSPS) is 18.5. The second-order valence-corrected chi connectivity index (χ2v) is 10.7. The molecule has 0 bridgehead atoms. The molecule has 4 rings (SSSR count). The van der Waals surface area contributed by atoms with E-state index in [1.807, 2.05) is 26.2 Å². The van der Waals surface area contributed by atoms with Crippen LogP contribution in [0.25, 0.3) is 0 Å². The highest BCUT2D eigenvalue weighted by Crippen LogP contribution is 2.50. The van der Waals surface area contributed by atoms with E-state index < -0.39 is 11.7 Å². The van der Waals surface area contributed by atoms with Crippen molar-refractivity contribution in [3.8, 4) is 0 Å². The Bertz CT molecular complexity index is 1110. The number of nitrogens with zero attached hydrogens (tertiary/aromatic N) is 4. The van der Waals surface area contributed by atoms with Gasteiger partial charge in [-0.1, -0.05) is 45.0 Å². The predicted molar refractivity (Wildman–Crippen MR) is 135 cm³/mol. The van der Waals surface area contributed by atoms with Crippen molar-refractivity contribution < 1.29 is 10.2 Å². The Kier molecular flexibility index (Phi) is 6.69. The van der Waals surface area contributed by atoms with Crippen LogP contribution in [0.15, 0.2) is 48.8 Å². The molecule has 6 heteroatoms. The maximum Gasteiger partial charge on any atom is 0.124 e. The lowest BCUT2D eigenvalue weighted by atomic mass is 9.62. The Morgan fingerprint density at radius 1 is 1.06 bits per heavy atom. The second kappa shape index (κ2) is 9.25. The van der Waals surface area contributed by atoms with Gasteiger partial charge in [0, 0.05) is 49.2 Å². The fourth-order valence-corrected chi connectivity index (χ4v) is 5.37. The number of hydrogen-bond acceptors (Lipinski definition) is 5. The summed E-state index contributed by atoms with van der Waals surface area (Å²) in [6, 6.07) is 12.4. The van der Waals surface area contributed by atoms with Gasteiger partial charge in [-0.3, -0.25) is 9.67 Å². The molecular weight excluding hydrogens is 424 g/mol. The maximum absolute atomic E-state index is 12.4. The van der Waals surface area contributed by atoms with E-state index in [9.17, 15) is 10.2 Å². The summed E-state index contributed by atoms with van der Waals surface area (Å²) in [5.41, 5.74) is 4.18. The van der Waals surface area contributed by atoms with Crippen LogP contribution in [-0.2, 0) is 19.1 Å². The first-order chi connectivity index (χ1) is 16.0. The molecule has 6 nitrogen and oxygen atoms in total. The van der Waals surface area contributed by atoms with Crippen molar-refractivity contribution in [2.24, 2.45) is 12.5 Å². The highest BCUT2D eigenvalue weighted by atomic mass is 16.3. The van der Waals surface area contributed by atoms with E-state index in [1.165, 1.54) is 5.56 Å². The molecule has 0 spiro atoms. The van der Waals surface area contributed by atoms with E-state index in [4.69, 9.17) is 0 Å². The van der Waals surface area contributed by atoms with Crippen LogP contribution in [-0.4, -0.2) is 50.0 Å². The fourth-order valence-electron chi connectivity index (χ4n) is 5.37. The molecule has 2 aromatic heterocycles. The number of rotatable bonds is 8. The average Bonchev–Trinajstić information content (AvgIpc) is 3.14. The second-order valence-electron chi connectivity index (χ2n) is 10.7. The molecule has 2 N–H and O–H groups in total. The average molecular weight is 463 g/mol. The molecule has 0 radical (unpaired) electrons. The minimum atomic E-state index is -1.16. The summed E-state index contributed by atoms with van der Waals surface area (Å²) < 4.78 is 1.78. The van der Waals surface area contributed by atoms with Crippen molar-refractivity contribution in [1.82, 2.24) is 19.7 Å². The molecule has 0 amide bonds. The van der Waals surface area contributed by atoms with Gasteiger partial charge in [0.2, 0.25) is 0 Å². The quantitative estimate of drug-likeness (QED) is 0.527. The summed E-state index contributed by atoms with van der Waals surface area (Å²) >= 11 is 0. The fraction of sp³-hybridized carbons (Fsp3) is 0.500. The Morgan fingerprint density at radius 3 is 2.29 bits per heavy atom. The first-order valence-electron chi connectivity index (χ1n) is 12.2. The standard InChI is InChI=1S/C28H38N4O2/c1-19(2)22-8-10-23(11-9-22)28(34,27(4)17-31(5)18-27)24-14-21(15-29-16-24)7-12-26(33)25-13-20(3)32(6)30-25/h8-11,13-16,19,26,33-34H,7,12,17-18H2,1-6H3. The number of aliphatic hydroxyl groups excluding tert-OH is 1. The van der Waals surface area contributed by atoms with Crippen molar-refractivity contribution in [1.29, 1.82) is 0 Å². The van der Waals surface area contributed by atoms with Crippen LogP contribution < -0.4 is 0 Å². The lowest BCUT2D eigenvalue weighted by Gasteiger charge is -2.56. The number of hydrogen-bond donors (Lipinski definition) is 2. The van der Waals surface area contributed by atoms with Gasteiger partial charge in [-0.25, -0.2) is 0 Å². The molecule has 34 heavy (non-hydrogen) atoms. The Labute approximate surface area is 203 Å². The third kappa shape index (κ3) is 4.42. The summed E-state index contributed by atoms with van der Waals surface area (Å²) in [6.07, 6.45) is 4.18. The zero-order valence-electron chi connectivity index (χ0n) is 21.3. The zero-order valence-corrected chi connectivity index (χ0v) is 21.3. The van der Waals surface area contributed by atoms with Crippen LogP contribution in [0.5, 0.6) is 0 Å². The third-order valence-corrected chi connectivity index (χ3v) is 7.50. The summed E-state index contributed by atoms with van der Waals surface area (Å²) in [7, 11) is 3.96. The monoisotopic (exact) mass is 462 g/mol. The summed E-state index contributed by atoms with van der Waals surface area (Å²) in [5, 5.41) is 27.4. The van der Waals surface area contributed by atoms with Gasteiger partial charge in [-0.2, -0.15) is 5.10 Å². The van der Waals surface area contributed by atoms with Gasteiger partial charge in [0.25, 0.3) is 0 Å². The van der Waals surface area contributed by atoms with Crippen molar-refractivity contribution in [2.75, 3.05) is 20.1 Å². The minimum absolute atomic E-state index is 0.327. The smallest absolute Gasteiger partial charge is 0.124 e. The van der Waals surface area contributed by atoms with Crippen LogP contribution in [0.1, 0.15) is 72.9 Å². The minimum Gasteiger partial charge on any atom is -0.387 e. The highest BCUT2D eigenvalue weighted by molar-refractivity contribution is 5.42. The van der Waals surface area contributed by atoms with Gasteiger partial charge in [0.05, 0.1) is 11.8 Å². The molecule has 2 unspecified atom stereocenters. The van der Waals surface area contributed by atoms with Crippen LogP contribution >= 0.6 is 0 Å². The molecule has 1 aromatic carbocycles. The molecular formula is C28H38N4O2. The third-order valence-electron chi connectivity index (χ3n) is 7.50. The Hall–Kier alpha value is -2.54. The predicted octanol–water partition coefficient (Wildman–Crippen LogP) is 4.10. The Morgan fingerprint density at radius 2 is 1.74 bits per heavy atom. The van der Waals surface area contributed by atoms with Gasteiger partial charge >= 0.3 is 0 Å². The lowest BCUT2D eigenvalue weighted by molar-refractivity contribution is -0.127. The van der Waals surface area contributed by atoms with Crippen molar-refractivity contribution in [3.05, 3.63) is 82.4 Å². The van der Waals surface area contributed by atoms with Crippen LogP contribution in [0.4, 0.5) is 0 Å². The van der Waals surface area contributed by atoms with Gasteiger partial charge in [0.15, 0.2) is 0 Å². The molecule has 1 fully saturated rings. The number of likely N-dealkylation sites (tertiary alicyclic amines) is 1. The first-order valence-corrected chi connectivity index (χ1v) is 12.2.